The summed E-state index contributed by atoms with van der Waals surface area (Å²) in [4.78, 5) is 26.8. The van der Waals surface area contributed by atoms with Gasteiger partial charge in [0.1, 0.15) is 6.04 Å². The molecule has 1 atom stereocenters. The smallest absolute Gasteiger partial charge is 0.328 e. The predicted molar refractivity (Wildman–Crippen MR) is 93.5 cm³/mol. The Balaban J connectivity index is 1.91. The van der Waals surface area contributed by atoms with E-state index in [-0.39, 0.29) is 11.9 Å². The molecule has 0 spiro atoms. The minimum absolute atomic E-state index is 0.0569. The van der Waals surface area contributed by atoms with Crippen molar-refractivity contribution in [2.75, 3.05) is 26.7 Å². The Hall–Kier alpha value is -1.88. The number of ether oxygens (including phenoxy) is 1. The van der Waals surface area contributed by atoms with Crippen molar-refractivity contribution in [2.45, 2.75) is 38.6 Å². The maximum Gasteiger partial charge on any atom is 0.328 e. The van der Waals surface area contributed by atoms with Gasteiger partial charge in [0.15, 0.2) is 0 Å². The molecule has 24 heavy (non-hydrogen) atoms. The van der Waals surface area contributed by atoms with Crippen LogP contribution in [0, 0.1) is 5.92 Å². The zero-order valence-corrected chi connectivity index (χ0v) is 14.7. The summed E-state index contributed by atoms with van der Waals surface area (Å²) in [5.41, 5.74) is 1.01. The molecule has 5 heteroatoms. The lowest BCUT2D eigenvalue weighted by Gasteiger charge is -2.29. The Morgan fingerprint density at radius 3 is 2.54 bits per heavy atom. The van der Waals surface area contributed by atoms with E-state index in [0.717, 1.165) is 31.5 Å². The molecule has 1 aromatic rings. The van der Waals surface area contributed by atoms with Gasteiger partial charge in [0, 0.05) is 12.8 Å². The molecule has 0 saturated carbocycles. The van der Waals surface area contributed by atoms with E-state index in [0.29, 0.717) is 25.4 Å². The van der Waals surface area contributed by atoms with E-state index >= 15 is 0 Å². The standard InChI is InChI=1S/C19H28N2O3/c1-3-24-19(23)17(13-15-7-5-4-6-8-15)20-18(22)14-16-9-11-21(2)12-10-16/h4-8,16-17H,3,9-14H2,1-2H3,(H,20,22)/t17-/m0/s1. The monoisotopic (exact) mass is 332 g/mol. The van der Waals surface area contributed by atoms with Gasteiger partial charge in [-0.25, -0.2) is 4.79 Å². The van der Waals surface area contributed by atoms with E-state index in [9.17, 15) is 9.59 Å². The maximum atomic E-state index is 12.4. The first-order chi connectivity index (χ1) is 11.6. The van der Waals surface area contributed by atoms with Crippen molar-refractivity contribution in [3.8, 4) is 0 Å². The van der Waals surface area contributed by atoms with Crippen LogP contribution in [0.15, 0.2) is 30.3 Å². The Kier molecular flexibility index (Phi) is 7.25. The summed E-state index contributed by atoms with van der Waals surface area (Å²) >= 11 is 0. The highest BCUT2D eigenvalue weighted by Crippen LogP contribution is 2.19. The number of carbonyl (C=O) groups excluding carboxylic acids is 2. The van der Waals surface area contributed by atoms with Gasteiger partial charge >= 0.3 is 5.97 Å². The summed E-state index contributed by atoms with van der Waals surface area (Å²) in [6.07, 6.45) is 3.01. The largest absolute Gasteiger partial charge is 0.464 e. The molecule has 1 heterocycles. The highest BCUT2D eigenvalue weighted by atomic mass is 16.5. The van der Waals surface area contributed by atoms with Gasteiger partial charge in [0.25, 0.3) is 0 Å². The van der Waals surface area contributed by atoms with Crippen LogP contribution in [0.5, 0.6) is 0 Å². The number of likely N-dealkylation sites (tertiary alicyclic amines) is 1. The number of esters is 1. The van der Waals surface area contributed by atoms with Crippen molar-refractivity contribution in [2.24, 2.45) is 5.92 Å². The SMILES string of the molecule is CCOC(=O)[C@H](Cc1ccccc1)NC(=O)CC1CCN(C)CC1. The van der Waals surface area contributed by atoms with E-state index in [1.165, 1.54) is 0 Å². The molecule has 132 valence electrons. The molecule has 0 bridgehead atoms. The first-order valence-corrected chi connectivity index (χ1v) is 8.77. The minimum Gasteiger partial charge on any atom is -0.464 e. The Morgan fingerprint density at radius 1 is 1.25 bits per heavy atom. The number of carbonyl (C=O) groups is 2. The van der Waals surface area contributed by atoms with E-state index < -0.39 is 6.04 Å². The summed E-state index contributed by atoms with van der Waals surface area (Å²) < 4.78 is 5.12. The molecule has 2 rings (SSSR count). The van der Waals surface area contributed by atoms with Gasteiger partial charge in [0.05, 0.1) is 6.61 Å². The number of amides is 1. The fourth-order valence-corrected chi connectivity index (χ4v) is 3.07. The summed E-state index contributed by atoms with van der Waals surface area (Å²) in [5, 5.41) is 2.88. The van der Waals surface area contributed by atoms with Gasteiger partial charge in [-0.3, -0.25) is 4.79 Å². The van der Waals surface area contributed by atoms with Crippen LogP contribution in [-0.2, 0) is 20.7 Å². The molecule has 1 amide bonds. The van der Waals surface area contributed by atoms with Crippen LogP contribution in [0.1, 0.15) is 31.7 Å². The number of nitrogens with zero attached hydrogens (tertiary/aromatic N) is 1. The lowest BCUT2D eigenvalue weighted by molar-refractivity contribution is -0.147. The second-order valence-electron chi connectivity index (χ2n) is 6.51. The van der Waals surface area contributed by atoms with Crippen LogP contribution in [0.4, 0.5) is 0 Å². The number of rotatable bonds is 7. The maximum absolute atomic E-state index is 12.4. The zero-order valence-electron chi connectivity index (χ0n) is 14.7. The van der Waals surface area contributed by atoms with Gasteiger partial charge in [-0.1, -0.05) is 30.3 Å². The molecule has 1 aliphatic heterocycles. The van der Waals surface area contributed by atoms with E-state index in [2.05, 4.69) is 17.3 Å². The van der Waals surface area contributed by atoms with Gasteiger partial charge in [0.2, 0.25) is 5.91 Å². The third kappa shape index (κ3) is 5.96. The van der Waals surface area contributed by atoms with E-state index in [1.54, 1.807) is 6.92 Å². The van der Waals surface area contributed by atoms with Gasteiger partial charge in [-0.2, -0.15) is 0 Å². The Morgan fingerprint density at radius 2 is 1.92 bits per heavy atom. The minimum atomic E-state index is -0.619. The van der Waals surface area contributed by atoms with Gasteiger partial charge < -0.3 is 15.0 Å². The molecule has 0 aromatic heterocycles. The number of nitrogens with one attached hydrogen (secondary N) is 1. The molecule has 0 aliphatic carbocycles. The van der Waals surface area contributed by atoms with Crippen molar-refractivity contribution in [3.05, 3.63) is 35.9 Å². The predicted octanol–water partition coefficient (Wildman–Crippen LogP) is 2.01. The molecule has 1 aliphatic rings. The topological polar surface area (TPSA) is 58.6 Å². The molecule has 0 radical (unpaired) electrons. The zero-order chi connectivity index (χ0) is 17.4. The summed E-state index contributed by atoms with van der Waals surface area (Å²) in [7, 11) is 2.10. The molecule has 1 saturated heterocycles. The van der Waals surface area contributed by atoms with Crippen molar-refractivity contribution >= 4 is 11.9 Å². The van der Waals surface area contributed by atoms with Crippen LogP contribution in [-0.4, -0.2) is 49.6 Å². The first kappa shape index (κ1) is 18.5. The fraction of sp³-hybridized carbons (Fsp3) is 0.579. The lowest BCUT2D eigenvalue weighted by Crippen LogP contribution is -2.44. The van der Waals surface area contributed by atoms with Gasteiger partial charge in [-0.05, 0) is 51.4 Å². The Bertz CT molecular complexity index is 525. The number of hydrogen-bond donors (Lipinski definition) is 1. The lowest BCUT2D eigenvalue weighted by atomic mass is 9.93. The first-order valence-electron chi connectivity index (χ1n) is 8.77. The highest BCUT2D eigenvalue weighted by molar-refractivity contribution is 5.84. The Labute approximate surface area is 144 Å². The molecule has 1 N–H and O–H groups in total. The average Bonchev–Trinajstić information content (AvgIpc) is 2.57. The second kappa shape index (κ2) is 9.42. The van der Waals surface area contributed by atoms with E-state index in [4.69, 9.17) is 4.74 Å². The average molecular weight is 332 g/mol. The van der Waals surface area contributed by atoms with E-state index in [1.807, 2.05) is 30.3 Å². The third-order valence-electron chi connectivity index (χ3n) is 4.50. The summed E-state index contributed by atoms with van der Waals surface area (Å²) in [6, 6.07) is 9.08. The molecule has 1 fully saturated rings. The number of benzene rings is 1. The third-order valence-corrected chi connectivity index (χ3v) is 4.50. The quantitative estimate of drug-likeness (QED) is 0.776. The van der Waals surface area contributed by atoms with Crippen LogP contribution in [0.25, 0.3) is 0 Å². The number of hydrogen-bond acceptors (Lipinski definition) is 4. The van der Waals surface area contributed by atoms with Crippen molar-refractivity contribution in [1.29, 1.82) is 0 Å². The molecular formula is C19H28N2O3. The number of piperidine rings is 1. The molecule has 0 unspecified atom stereocenters. The molecule has 5 nitrogen and oxygen atoms in total. The van der Waals surface area contributed by atoms with Crippen LogP contribution < -0.4 is 5.32 Å². The highest BCUT2D eigenvalue weighted by Gasteiger charge is 2.25. The molecule has 1 aromatic carbocycles. The van der Waals surface area contributed by atoms with Gasteiger partial charge in [-0.15, -0.1) is 0 Å². The van der Waals surface area contributed by atoms with Crippen molar-refractivity contribution in [1.82, 2.24) is 10.2 Å². The van der Waals surface area contributed by atoms with Crippen molar-refractivity contribution in [3.63, 3.8) is 0 Å². The summed E-state index contributed by atoms with van der Waals surface area (Å²) in [5.74, 6) is -0.0163. The van der Waals surface area contributed by atoms with Crippen LogP contribution in [0.3, 0.4) is 0 Å². The van der Waals surface area contributed by atoms with Crippen molar-refractivity contribution < 1.29 is 14.3 Å². The summed E-state index contributed by atoms with van der Waals surface area (Å²) in [6.45, 7) is 4.15. The van der Waals surface area contributed by atoms with Crippen LogP contribution >= 0.6 is 0 Å². The second-order valence-corrected chi connectivity index (χ2v) is 6.51. The molecular weight excluding hydrogens is 304 g/mol. The fourth-order valence-electron chi connectivity index (χ4n) is 3.07. The van der Waals surface area contributed by atoms with Crippen LogP contribution in [0.2, 0.25) is 0 Å². The normalized spacial score (nSPS) is 17.2.